The van der Waals surface area contributed by atoms with E-state index in [0.717, 1.165) is 5.56 Å². The molecule has 4 aromatic rings. The maximum absolute atomic E-state index is 12.9. The van der Waals surface area contributed by atoms with Crippen LogP contribution in [-0.4, -0.2) is 15.9 Å². The quantitative estimate of drug-likeness (QED) is 0.524. The van der Waals surface area contributed by atoms with Crippen LogP contribution in [0, 0.1) is 5.82 Å². The van der Waals surface area contributed by atoms with Crippen LogP contribution in [0.5, 0.6) is 0 Å². The van der Waals surface area contributed by atoms with E-state index in [0.29, 0.717) is 39.8 Å². The Bertz CT molecular complexity index is 1130. The number of nitrogens with one attached hydrogen (secondary N) is 1. The van der Waals surface area contributed by atoms with Crippen LogP contribution in [-0.2, 0) is 6.54 Å². The third-order valence-corrected chi connectivity index (χ3v) is 4.31. The minimum absolute atomic E-state index is 0.265. The van der Waals surface area contributed by atoms with Crippen LogP contribution in [0.1, 0.15) is 15.9 Å². The van der Waals surface area contributed by atoms with Crippen LogP contribution in [0.15, 0.2) is 65.2 Å². The summed E-state index contributed by atoms with van der Waals surface area (Å²) in [5, 5.41) is 3.09. The molecule has 2 aromatic carbocycles. The number of hydrogen-bond acceptors (Lipinski definition) is 4. The molecule has 0 atom stereocenters. The summed E-state index contributed by atoms with van der Waals surface area (Å²) in [6.07, 6.45) is 1.58. The van der Waals surface area contributed by atoms with E-state index in [1.807, 2.05) is 0 Å². The molecule has 2 heterocycles. The first kappa shape index (κ1) is 17.2. The number of pyridine rings is 1. The lowest BCUT2D eigenvalue weighted by Crippen LogP contribution is -2.22. The van der Waals surface area contributed by atoms with Gasteiger partial charge in [-0.3, -0.25) is 4.79 Å². The molecule has 1 amide bonds. The molecule has 1 N–H and O–H groups in total. The number of rotatable bonds is 4. The van der Waals surface area contributed by atoms with Crippen LogP contribution in [0.25, 0.3) is 22.6 Å². The summed E-state index contributed by atoms with van der Waals surface area (Å²) in [5.41, 5.74) is 2.90. The van der Waals surface area contributed by atoms with E-state index in [2.05, 4.69) is 15.3 Å². The van der Waals surface area contributed by atoms with Crippen molar-refractivity contribution in [3.8, 4) is 11.5 Å². The maximum Gasteiger partial charge on any atom is 0.251 e. The summed E-state index contributed by atoms with van der Waals surface area (Å²) < 4.78 is 18.7. The predicted octanol–water partition coefficient (Wildman–Crippen LogP) is 4.61. The fraction of sp³-hybridized carbons (Fsp3) is 0.0500. The Morgan fingerprint density at radius 3 is 2.74 bits per heavy atom. The molecule has 0 aliphatic carbocycles. The molecule has 0 bridgehead atoms. The first-order chi connectivity index (χ1) is 13.1. The SMILES string of the molecule is O=C(NCc1ccc(F)cc1)c1ccc2nc(-c3cccnc3Cl)oc2c1. The van der Waals surface area contributed by atoms with Gasteiger partial charge in [-0.05, 0) is 48.0 Å². The maximum atomic E-state index is 12.9. The summed E-state index contributed by atoms with van der Waals surface area (Å²) in [7, 11) is 0. The third-order valence-electron chi connectivity index (χ3n) is 4.01. The molecule has 5 nitrogen and oxygen atoms in total. The number of fused-ring (bicyclic) bond motifs is 1. The van der Waals surface area contributed by atoms with Crippen molar-refractivity contribution in [1.29, 1.82) is 0 Å². The molecule has 0 aliphatic rings. The first-order valence-corrected chi connectivity index (χ1v) is 8.52. The van der Waals surface area contributed by atoms with Crippen molar-refractivity contribution in [2.75, 3.05) is 0 Å². The van der Waals surface area contributed by atoms with E-state index >= 15 is 0 Å². The van der Waals surface area contributed by atoms with E-state index in [-0.39, 0.29) is 11.7 Å². The van der Waals surface area contributed by atoms with Crippen LogP contribution < -0.4 is 5.32 Å². The van der Waals surface area contributed by atoms with Gasteiger partial charge < -0.3 is 9.73 Å². The highest BCUT2D eigenvalue weighted by molar-refractivity contribution is 6.31. The number of amides is 1. The average Bonchev–Trinajstić information content (AvgIpc) is 3.10. The minimum Gasteiger partial charge on any atom is -0.436 e. The van der Waals surface area contributed by atoms with Gasteiger partial charge in [-0.15, -0.1) is 0 Å². The van der Waals surface area contributed by atoms with Crippen molar-refractivity contribution in [2.45, 2.75) is 6.54 Å². The zero-order chi connectivity index (χ0) is 18.8. The second kappa shape index (κ2) is 7.17. The van der Waals surface area contributed by atoms with E-state index in [1.165, 1.54) is 12.1 Å². The van der Waals surface area contributed by atoms with Crippen LogP contribution in [0.4, 0.5) is 4.39 Å². The molecule has 2 aromatic heterocycles. The zero-order valence-corrected chi connectivity index (χ0v) is 14.7. The molecule has 27 heavy (non-hydrogen) atoms. The molecule has 0 aliphatic heterocycles. The largest absolute Gasteiger partial charge is 0.436 e. The Kier molecular flexibility index (Phi) is 4.56. The number of aromatic nitrogens is 2. The highest BCUT2D eigenvalue weighted by atomic mass is 35.5. The van der Waals surface area contributed by atoms with Gasteiger partial charge in [-0.1, -0.05) is 23.7 Å². The van der Waals surface area contributed by atoms with E-state index in [1.54, 1.807) is 48.7 Å². The van der Waals surface area contributed by atoms with E-state index in [4.69, 9.17) is 16.0 Å². The fourth-order valence-electron chi connectivity index (χ4n) is 2.61. The van der Waals surface area contributed by atoms with Crippen molar-refractivity contribution in [3.63, 3.8) is 0 Å². The standard InChI is InChI=1S/C20H13ClFN3O2/c21-18-15(2-1-9-23-18)20-25-16-8-5-13(10-17(16)27-20)19(26)24-11-12-3-6-14(22)7-4-12/h1-10H,11H2,(H,24,26). The van der Waals surface area contributed by atoms with Crippen molar-refractivity contribution in [3.05, 3.63) is 82.9 Å². The summed E-state index contributed by atoms with van der Waals surface area (Å²) in [4.78, 5) is 20.8. The highest BCUT2D eigenvalue weighted by Crippen LogP contribution is 2.28. The van der Waals surface area contributed by atoms with E-state index in [9.17, 15) is 9.18 Å². The molecule has 0 saturated heterocycles. The van der Waals surface area contributed by atoms with Gasteiger partial charge in [-0.2, -0.15) is 0 Å². The third kappa shape index (κ3) is 3.66. The normalized spacial score (nSPS) is 10.9. The van der Waals surface area contributed by atoms with Gasteiger partial charge in [0.25, 0.3) is 5.91 Å². The van der Waals surface area contributed by atoms with Gasteiger partial charge in [-0.25, -0.2) is 14.4 Å². The molecule has 0 spiro atoms. The number of carbonyl (C=O) groups excluding carboxylic acids is 1. The van der Waals surface area contributed by atoms with Crippen molar-refractivity contribution < 1.29 is 13.6 Å². The molecule has 0 unspecified atom stereocenters. The van der Waals surface area contributed by atoms with E-state index < -0.39 is 0 Å². The van der Waals surface area contributed by atoms with Gasteiger partial charge in [0.05, 0.1) is 5.56 Å². The molecule has 0 fully saturated rings. The number of halogens is 2. The highest BCUT2D eigenvalue weighted by Gasteiger charge is 2.14. The number of oxazole rings is 1. The molecular weight excluding hydrogens is 369 g/mol. The molecule has 0 radical (unpaired) electrons. The van der Waals surface area contributed by atoms with Gasteiger partial charge in [0.15, 0.2) is 5.58 Å². The molecular formula is C20H13ClFN3O2. The van der Waals surface area contributed by atoms with Gasteiger partial charge in [0.1, 0.15) is 16.5 Å². The molecule has 4 rings (SSSR count). The van der Waals surface area contributed by atoms with Crippen LogP contribution in [0.3, 0.4) is 0 Å². The minimum atomic E-state index is -0.314. The second-order valence-electron chi connectivity index (χ2n) is 5.85. The topological polar surface area (TPSA) is 68.0 Å². The molecule has 7 heteroatoms. The lowest BCUT2D eigenvalue weighted by Gasteiger charge is -2.05. The lowest BCUT2D eigenvalue weighted by atomic mass is 10.2. The van der Waals surface area contributed by atoms with Crippen molar-refractivity contribution in [2.24, 2.45) is 0 Å². The van der Waals surface area contributed by atoms with Gasteiger partial charge >= 0.3 is 0 Å². The molecule has 134 valence electrons. The monoisotopic (exact) mass is 381 g/mol. The van der Waals surface area contributed by atoms with Crippen LogP contribution >= 0.6 is 11.6 Å². The van der Waals surface area contributed by atoms with Gasteiger partial charge in [0.2, 0.25) is 5.89 Å². The van der Waals surface area contributed by atoms with Crippen molar-refractivity contribution in [1.82, 2.24) is 15.3 Å². The summed E-state index contributed by atoms with van der Waals surface area (Å²) in [6.45, 7) is 0.296. The summed E-state index contributed by atoms with van der Waals surface area (Å²) in [6, 6.07) is 14.5. The average molecular weight is 382 g/mol. The van der Waals surface area contributed by atoms with Gasteiger partial charge in [0, 0.05) is 18.3 Å². The van der Waals surface area contributed by atoms with Crippen molar-refractivity contribution >= 4 is 28.6 Å². The Morgan fingerprint density at radius 1 is 1.15 bits per heavy atom. The Balaban J connectivity index is 1.55. The van der Waals surface area contributed by atoms with Crippen LogP contribution in [0.2, 0.25) is 5.15 Å². The summed E-state index contributed by atoms with van der Waals surface area (Å²) >= 11 is 6.08. The molecule has 0 saturated carbocycles. The first-order valence-electron chi connectivity index (χ1n) is 8.14. The predicted molar refractivity (Wildman–Crippen MR) is 99.8 cm³/mol. The Hall–Kier alpha value is -3.25. The fourth-order valence-corrected chi connectivity index (χ4v) is 2.81. The number of hydrogen-bond donors (Lipinski definition) is 1. The number of benzene rings is 2. The summed E-state index contributed by atoms with van der Waals surface area (Å²) in [5.74, 6) is -0.240. The lowest BCUT2D eigenvalue weighted by molar-refractivity contribution is 0.0951. The number of carbonyl (C=O) groups is 1. The Morgan fingerprint density at radius 2 is 1.96 bits per heavy atom. The zero-order valence-electron chi connectivity index (χ0n) is 13.9. The smallest absolute Gasteiger partial charge is 0.251 e. The Labute approximate surface area is 158 Å². The number of nitrogens with zero attached hydrogens (tertiary/aromatic N) is 2. The second-order valence-corrected chi connectivity index (χ2v) is 6.21.